The van der Waals surface area contributed by atoms with Crippen molar-refractivity contribution in [1.82, 2.24) is 5.32 Å². The molecule has 1 amide bonds. The molecule has 6 nitrogen and oxygen atoms in total. The fraction of sp³-hybridized carbons (Fsp3) is 0.409. The standard InChI is InChI=1S/C22H24ClNO5/c1-27-15-3-4-16(18(23)11-15)14-2-5-20-17(10-14)19(24-21(26)13-25)12-22(29-20)6-8-28-9-7-22/h2-5,10-11,19,25H,6-9,12-13H2,1H3,(H,24,26). The first-order valence-corrected chi connectivity index (χ1v) is 10.1. The number of rotatable bonds is 4. The average Bonchev–Trinajstić information content (AvgIpc) is 2.74. The molecule has 0 bridgehead atoms. The lowest BCUT2D eigenvalue weighted by Gasteiger charge is -2.44. The van der Waals surface area contributed by atoms with Crippen LogP contribution in [-0.4, -0.2) is 43.5 Å². The summed E-state index contributed by atoms with van der Waals surface area (Å²) in [5, 5.41) is 12.8. The predicted octanol–water partition coefficient (Wildman–Crippen LogP) is 3.50. The molecule has 2 aromatic carbocycles. The normalized spacial score (nSPS) is 19.9. The first-order chi connectivity index (χ1) is 14.0. The van der Waals surface area contributed by atoms with E-state index >= 15 is 0 Å². The Hall–Kier alpha value is -2.28. The van der Waals surface area contributed by atoms with Crippen molar-refractivity contribution in [1.29, 1.82) is 0 Å². The first-order valence-electron chi connectivity index (χ1n) is 9.68. The Balaban J connectivity index is 1.72. The number of nitrogens with one attached hydrogen (secondary N) is 1. The minimum atomic E-state index is -0.549. The molecule has 2 aromatic rings. The van der Waals surface area contributed by atoms with Crippen LogP contribution in [0, 0.1) is 0 Å². The van der Waals surface area contributed by atoms with Crippen molar-refractivity contribution in [2.24, 2.45) is 0 Å². The minimum Gasteiger partial charge on any atom is -0.497 e. The molecule has 2 heterocycles. The molecule has 1 spiro atoms. The van der Waals surface area contributed by atoms with E-state index in [1.165, 1.54) is 0 Å². The Kier molecular flexibility index (Phi) is 5.67. The molecule has 154 valence electrons. The fourth-order valence-corrected chi connectivity index (χ4v) is 4.39. The molecule has 1 unspecified atom stereocenters. The molecular weight excluding hydrogens is 394 g/mol. The minimum absolute atomic E-state index is 0.256. The molecule has 2 aliphatic rings. The van der Waals surface area contributed by atoms with Crippen LogP contribution in [-0.2, 0) is 9.53 Å². The van der Waals surface area contributed by atoms with E-state index in [0.29, 0.717) is 30.4 Å². The molecule has 1 saturated heterocycles. The second-order valence-electron chi connectivity index (χ2n) is 7.48. The highest BCUT2D eigenvalue weighted by Gasteiger charge is 2.42. The molecule has 1 atom stereocenters. The van der Waals surface area contributed by atoms with Crippen LogP contribution in [0.5, 0.6) is 11.5 Å². The van der Waals surface area contributed by atoms with E-state index in [4.69, 9.17) is 25.8 Å². The van der Waals surface area contributed by atoms with Crippen LogP contribution >= 0.6 is 11.6 Å². The van der Waals surface area contributed by atoms with Gasteiger partial charge in [0.1, 0.15) is 23.7 Å². The van der Waals surface area contributed by atoms with Crippen LogP contribution in [0.1, 0.15) is 30.9 Å². The largest absolute Gasteiger partial charge is 0.497 e. The number of ether oxygens (including phenoxy) is 3. The first kappa shape index (κ1) is 20.0. The third-order valence-electron chi connectivity index (χ3n) is 5.66. The highest BCUT2D eigenvalue weighted by molar-refractivity contribution is 6.33. The van der Waals surface area contributed by atoms with Gasteiger partial charge in [0.2, 0.25) is 5.91 Å². The van der Waals surface area contributed by atoms with Crippen LogP contribution in [0.15, 0.2) is 36.4 Å². The summed E-state index contributed by atoms with van der Waals surface area (Å²) in [5.74, 6) is 1.03. The Bertz CT molecular complexity index is 910. The second kappa shape index (κ2) is 8.22. The van der Waals surface area contributed by atoms with Crippen molar-refractivity contribution < 1.29 is 24.1 Å². The van der Waals surface area contributed by atoms with Gasteiger partial charge < -0.3 is 24.6 Å². The number of aliphatic hydroxyl groups excluding tert-OH is 1. The van der Waals surface area contributed by atoms with Crippen molar-refractivity contribution in [3.05, 3.63) is 47.0 Å². The lowest BCUT2D eigenvalue weighted by atomic mass is 9.81. The summed E-state index contributed by atoms with van der Waals surface area (Å²) in [6.07, 6.45) is 2.17. The van der Waals surface area contributed by atoms with E-state index < -0.39 is 12.5 Å². The quantitative estimate of drug-likeness (QED) is 0.796. The maximum Gasteiger partial charge on any atom is 0.246 e. The number of methoxy groups -OCH3 is 1. The molecular formula is C22H24ClNO5. The topological polar surface area (TPSA) is 77.0 Å². The highest BCUT2D eigenvalue weighted by atomic mass is 35.5. The number of hydrogen-bond donors (Lipinski definition) is 2. The smallest absolute Gasteiger partial charge is 0.246 e. The summed E-state index contributed by atoms with van der Waals surface area (Å²) in [5.41, 5.74) is 2.31. The van der Waals surface area contributed by atoms with Gasteiger partial charge in [-0.1, -0.05) is 17.7 Å². The van der Waals surface area contributed by atoms with E-state index in [0.717, 1.165) is 35.3 Å². The predicted molar refractivity (Wildman–Crippen MR) is 109 cm³/mol. The average molecular weight is 418 g/mol. The van der Waals surface area contributed by atoms with Gasteiger partial charge in [0.25, 0.3) is 0 Å². The van der Waals surface area contributed by atoms with Crippen molar-refractivity contribution in [2.45, 2.75) is 30.9 Å². The number of hydrogen-bond acceptors (Lipinski definition) is 5. The second-order valence-corrected chi connectivity index (χ2v) is 7.89. The molecule has 0 saturated carbocycles. The monoisotopic (exact) mass is 417 g/mol. The number of carbonyl (C=O) groups excluding carboxylic acids is 1. The van der Waals surface area contributed by atoms with Gasteiger partial charge in [-0.3, -0.25) is 4.79 Å². The number of amides is 1. The Morgan fingerprint density at radius 3 is 2.76 bits per heavy atom. The lowest BCUT2D eigenvalue weighted by molar-refractivity contribution is -0.125. The molecule has 0 aliphatic carbocycles. The summed E-state index contributed by atoms with van der Waals surface area (Å²) in [4.78, 5) is 12.0. The van der Waals surface area contributed by atoms with E-state index in [1.807, 2.05) is 30.3 Å². The molecule has 29 heavy (non-hydrogen) atoms. The molecule has 1 fully saturated rings. The molecule has 0 radical (unpaired) electrons. The molecule has 4 rings (SSSR count). The molecule has 2 aliphatic heterocycles. The van der Waals surface area contributed by atoms with Crippen molar-refractivity contribution in [3.8, 4) is 22.6 Å². The van der Waals surface area contributed by atoms with E-state index in [9.17, 15) is 9.90 Å². The number of aliphatic hydroxyl groups is 1. The lowest BCUT2D eigenvalue weighted by Crippen LogP contribution is -2.48. The fourth-order valence-electron chi connectivity index (χ4n) is 4.11. The van der Waals surface area contributed by atoms with E-state index in [-0.39, 0.29) is 11.6 Å². The summed E-state index contributed by atoms with van der Waals surface area (Å²) >= 11 is 6.46. The SMILES string of the molecule is COc1ccc(-c2ccc3c(c2)C(NC(=O)CO)CC2(CCOCC2)O3)c(Cl)c1. The van der Waals surface area contributed by atoms with Gasteiger partial charge in [-0.05, 0) is 35.9 Å². The van der Waals surface area contributed by atoms with Gasteiger partial charge in [-0.25, -0.2) is 0 Å². The number of halogens is 1. The maximum absolute atomic E-state index is 12.0. The molecule has 2 N–H and O–H groups in total. The van der Waals surface area contributed by atoms with Crippen LogP contribution in [0.25, 0.3) is 11.1 Å². The van der Waals surface area contributed by atoms with Gasteiger partial charge in [-0.15, -0.1) is 0 Å². The number of carbonyl (C=O) groups is 1. The van der Waals surface area contributed by atoms with Crippen LogP contribution < -0.4 is 14.8 Å². The third kappa shape index (κ3) is 4.06. The summed E-state index contributed by atoms with van der Waals surface area (Å²) < 4.78 is 17.1. The van der Waals surface area contributed by atoms with Crippen LogP contribution in [0.4, 0.5) is 0 Å². The summed E-state index contributed by atoms with van der Waals surface area (Å²) in [7, 11) is 1.60. The zero-order valence-corrected chi connectivity index (χ0v) is 17.0. The van der Waals surface area contributed by atoms with Gasteiger partial charge in [-0.2, -0.15) is 0 Å². The Labute approximate surface area is 174 Å². The van der Waals surface area contributed by atoms with Crippen LogP contribution in [0.3, 0.4) is 0 Å². The van der Waals surface area contributed by atoms with Crippen molar-refractivity contribution >= 4 is 17.5 Å². The van der Waals surface area contributed by atoms with E-state index in [1.54, 1.807) is 13.2 Å². The Morgan fingerprint density at radius 1 is 1.28 bits per heavy atom. The zero-order valence-electron chi connectivity index (χ0n) is 16.2. The van der Waals surface area contributed by atoms with Crippen molar-refractivity contribution in [3.63, 3.8) is 0 Å². The van der Waals surface area contributed by atoms with Gasteiger partial charge in [0, 0.05) is 30.4 Å². The summed E-state index contributed by atoms with van der Waals surface area (Å²) in [6, 6.07) is 11.2. The number of fused-ring (bicyclic) bond motifs is 1. The third-order valence-corrected chi connectivity index (χ3v) is 5.97. The maximum atomic E-state index is 12.0. The zero-order chi connectivity index (χ0) is 20.4. The molecule has 0 aromatic heterocycles. The van der Waals surface area contributed by atoms with Crippen LogP contribution in [0.2, 0.25) is 5.02 Å². The van der Waals surface area contributed by atoms with Crippen molar-refractivity contribution in [2.75, 3.05) is 26.9 Å². The highest BCUT2D eigenvalue weighted by Crippen LogP contribution is 2.45. The molecule has 7 heteroatoms. The van der Waals surface area contributed by atoms with E-state index in [2.05, 4.69) is 5.32 Å². The van der Waals surface area contributed by atoms with Gasteiger partial charge >= 0.3 is 0 Å². The van der Waals surface area contributed by atoms with Gasteiger partial charge in [0.05, 0.1) is 31.4 Å². The summed E-state index contributed by atoms with van der Waals surface area (Å²) in [6.45, 7) is 0.720. The van der Waals surface area contributed by atoms with Gasteiger partial charge in [0.15, 0.2) is 0 Å². The number of benzene rings is 2. The Morgan fingerprint density at radius 2 is 2.07 bits per heavy atom.